The van der Waals surface area contributed by atoms with Crippen LogP contribution in [-0.2, 0) is 0 Å². The van der Waals surface area contributed by atoms with Crippen molar-refractivity contribution in [2.75, 3.05) is 0 Å². The van der Waals surface area contributed by atoms with Gasteiger partial charge in [-0.1, -0.05) is 22.0 Å². The molecule has 3 heteroatoms. The number of allylic oxidation sites excluding steroid dienone is 1. The predicted octanol–water partition coefficient (Wildman–Crippen LogP) is 3.78. The molecule has 0 fully saturated rings. The molecule has 0 bridgehead atoms. The van der Waals surface area contributed by atoms with Crippen LogP contribution in [0.1, 0.15) is 12.5 Å². The molecule has 0 unspecified atom stereocenters. The second-order valence-electron chi connectivity index (χ2n) is 2.67. The minimum absolute atomic E-state index is 1.04. The first-order valence-corrected chi connectivity index (χ1v) is 5.15. The highest BCUT2D eigenvalue weighted by atomic mass is 79.9. The molecule has 2 rings (SSSR count). The highest BCUT2D eigenvalue weighted by molar-refractivity contribution is 9.15. The van der Waals surface area contributed by atoms with Crippen molar-refractivity contribution >= 4 is 42.0 Å². The third kappa shape index (κ3) is 1.21. The summed E-state index contributed by atoms with van der Waals surface area (Å²) in [6.45, 7) is 2.00. The molecule has 1 aromatic rings. The van der Waals surface area contributed by atoms with Gasteiger partial charge in [-0.15, -0.1) is 0 Å². The Bertz CT molecular complexity index is 369. The van der Waals surface area contributed by atoms with Crippen LogP contribution in [0.2, 0.25) is 0 Å². The lowest BCUT2D eigenvalue weighted by molar-refractivity contribution is 1.09. The third-order valence-electron chi connectivity index (χ3n) is 1.80. The van der Waals surface area contributed by atoms with E-state index in [1.807, 2.05) is 19.1 Å². The Balaban J connectivity index is 2.58. The Morgan fingerprint density at radius 2 is 2.00 bits per heavy atom. The van der Waals surface area contributed by atoms with Gasteiger partial charge in [-0.3, -0.25) is 5.32 Å². The van der Waals surface area contributed by atoms with E-state index in [0.29, 0.717) is 0 Å². The van der Waals surface area contributed by atoms with Crippen LogP contribution >= 0.6 is 31.9 Å². The zero-order valence-electron chi connectivity index (χ0n) is 6.44. The van der Waals surface area contributed by atoms with Crippen LogP contribution in [0.25, 0.3) is 4.48 Å². The molecule has 0 aromatic heterocycles. The van der Waals surface area contributed by atoms with Crippen molar-refractivity contribution in [1.82, 2.24) is 5.32 Å². The summed E-state index contributed by atoms with van der Waals surface area (Å²) in [5.74, 6) is 0. The Morgan fingerprint density at radius 3 is 2.75 bits per heavy atom. The average molecular weight is 288 g/mol. The number of halogens is 2. The number of rotatable bonds is 0. The normalized spacial score (nSPS) is 14.6. The number of benzene rings is 1. The van der Waals surface area contributed by atoms with E-state index >= 15 is 0 Å². The summed E-state index contributed by atoms with van der Waals surface area (Å²) in [4.78, 5) is 0. The highest BCUT2D eigenvalue weighted by Crippen LogP contribution is 2.39. The standard InChI is InChI=1S/C9H6Br2N/c1-5-9(11)7-3-2-6(10)4-8(7)12-5/h2-4H,1H3. The van der Waals surface area contributed by atoms with Gasteiger partial charge in [0.05, 0.1) is 11.4 Å². The molecule has 0 aliphatic carbocycles. The van der Waals surface area contributed by atoms with Gasteiger partial charge >= 0.3 is 0 Å². The van der Waals surface area contributed by atoms with E-state index in [1.165, 1.54) is 5.56 Å². The van der Waals surface area contributed by atoms with Gasteiger partial charge in [0.2, 0.25) is 0 Å². The molecule has 1 radical (unpaired) electrons. The fourth-order valence-electron chi connectivity index (χ4n) is 1.21. The van der Waals surface area contributed by atoms with Gasteiger partial charge in [-0.2, -0.15) is 0 Å². The van der Waals surface area contributed by atoms with E-state index < -0.39 is 0 Å². The SMILES string of the molecule is CC1=C(Br)c2ccc(Br)cc2[N]1. The van der Waals surface area contributed by atoms with Gasteiger partial charge in [-0.25, -0.2) is 0 Å². The van der Waals surface area contributed by atoms with Gasteiger partial charge in [0.25, 0.3) is 0 Å². The quantitative estimate of drug-likeness (QED) is 0.689. The van der Waals surface area contributed by atoms with E-state index in [4.69, 9.17) is 0 Å². The van der Waals surface area contributed by atoms with Gasteiger partial charge in [0.1, 0.15) is 0 Å². The summed E-state index contributed by atoms with van der Waals surface area (Å²) < 4.78 is 2.17. The molecule has 0 atom stereocenters. The molecular weight excluding hydrogens is 282 g/mol. The van der Waals surface area contributed by atoms with Crippen molar-refractivity contribution in [2.24, 2.45) is 0 Å². The minimum atomic E-state index is 1.04. The summed E-state index contributed by atoms with van der Waals surface area (Å²) in [7, 11) is 0. The van der Waals surface area contributed by atoms with E-state index in [-0.39, 0.29) is 0 Å². The molecule has 0 saturated heterocycles. The van der Waals surface area contributed by atoms with Crippen molar-refractivity contribution in [3.8, 4) is 0 Å². The molecule has 61 valence electrons. The molecule has 1 nitrogen and oxygen atoms in total. The molecule has 0 spiro atoms. The Labute approximate surface area is 88.1 Å². The average Bonchev–Trinajstić information content (AvgIpc) is 2.28. The van der Waals surface area contributed by atoms with Crippen molar-refractivity contribution in [3.05, 3.63) is 33.9 Å². The monoisotopic (exact) mass is 286 g/mol. The second-order valence-corrected chi connectivity index (χ2v) is 4.38. The maximum atomic E-state index is 4.40. The number of hydrogen-bond donors (Lipinski definition) is 0. The topological polar surface area (TPSA) is 14.1 Å². The number of nitrogens with zero attached hydrogens (tertiary/aromatic N) is 1. The van der Waals surface area contributed by atoms with Gasteiger partial charge in [0, 0.05) is 14.5 Å². The Hall–Kier alpha value is -0.280. The van der Waals surface area contributed by atoms with Crippen LogP contribution in [0.4, 0.5) is 5.69 Å². The maximum Gasteiger partial charge on any atom is 0.0728 e. The van der Waals surface area contributed by atoms with E-state index in [1.54, 1.807) is 0 Å². The zero-order valence-corrected chi connectivity index (χ0v) is 9.61. The van der Waals surface area contributed by atoms with Crippen molar-refractivity contribution in [2.45, 2.75) is 6.92 Å². The van der Waals surface area contributed by atoms with Crippen LogP contribution in [-0.4, -0.2) is 0 Å². The lowest BCUT2D eigenvalue weighted by Crippen LogP contribution is -1.86. The molecule has 0 amide bonds. The lowest BCUT2D eigenvalue weighted by atomic mass is 10.2. The highest BCUT2D eigenvalue weighted by Gasteiger charge is 2.17. The summed E-state index contributed by atoms with van der Waals surface area (Å²) in [5.41, 5.74) is 3.26. The summed E-state index contributed by atoms with van der Waals surface area (Å²) >= 11 is 6.91. The second kappa shape index (κ2) is 2.89. The largest absolute Gasteiger partial charge is 0.252 e. The van der Waals surface area contributed by atoms with Gasteiger partial charge in [-0.05, 0) is 35.0 Å². The zero-order chi connectivity index (χ0) is 8.72. The maximum absolute atomic E-state index is 4.40. The predicted molar refractivity (Wildman–Crippen MR) is 57.5 cm³/mol. The van der Waals surface area contributed by atoms with Gasteiger partial charge < -0.3 is 0 Å². The van der Waals surface area contributed by atoms with Crippen LogP contribution < -0.4 is 5.32 Å². The summed E-state index contributed by atoms with van der Waals surface area (Å²) in [5, 5.41) is 4.40. The molecular formula is C9H6Br2N. The lowest BCUT2D eigenvalue weighted by Gasteiger charge is -1.98. The first-order valence-electron chi connectivity index (χ1n) is 3.56. The van der Waals surface area contributed by atoms with Crippen LogP contribution in [0.5, 0.6) is 0 Å². The Kier molecular flexibility index (Phi) is 2.00. The van der Waals surface area contributed by atoms with Gasteiger partial charge in [0.15, 0.2) is 0 Å². The molecule has 0 saturated carbocycles. The van der Waals surface area contributed by atoms with Crippen LogP contribution in [0, 0.1) is 0 Å². The first-order chi connectivity index (χ1) is 5.68. The molecule has 1 heterocycles. The molecule has 12 heavy (non-hydrogen) atoms. The van der Waals surface area contributed by atoms with E-state index in [9.17, 15) is 0 Å². The van der Waals surface area contributed by atoms with Crippen LogP contribution in [0.3, 0.4) is 0 Å². The summed E-state index contributed by atoms with van der Waals surface area (Å²) in [6.07, 6.45) is 0. The fraction of sp³-hybridized carbons (Fsp3) is 0.111. The number of hydrogen-bond acceptors (Lipinski definition) is 0. The number of fused-ring (bicyclic) bond motifs is 1. The molecule has 0 N–H and O–H groups in total. The Morgan fingerprint density at radius 1 is 1.25 bits per heavy atom. The first kappa shape index (κ1) is 8.32. The molecule has 1 aliphatic rings. The summed E-state index contributed by atoms with van der Waals surface area (Å²) in [6, 6.07) is 6.10. The smallest absolute Gasteiger partial charge is 0.0728 e. The van der Waals surface area contributed by atoms with Crippen molar-refractivity contribution < 1.29 is 0 Å². The fourth-order valence-corrected chi connectivity index (χ4v) is 1.98. The van der Waals surface area contributed by atoms with Crippen molar-refractivity contribution in [1.29, 1.82) is 0 Å². The third-order valence-corrected chi connectivity index (χ3v) is 3.30. The molecule has 1 aromatic carbocycles. The van der Waals surface area contributed by atoms with Crippen LogP contribution in [0.15, 0.2) is 28.4 Å². The van der Waals surface area contributed by atoms with E-state index in [2.05, 4.69) is 43.2 Å². The minimum Gasteiger partial charge on any atom is -0.252 e. The van der Waals surface area contributed by atoms with Crippen molar-refractivity contribution in [3.63, 3.8) is 0 Å². The molecule has 1 aliphatic heterocycles. The van der Waals surface area contributed by atoms with E-state index in [0.717, 1.165) is 20.3 Å².